The Bertz CT molecular complexity index is 2080. The average molecular weight is 623 g/mol. The van der Waals surface area contributed by atoms with Crippen molar-refractivity contribution in [2.75, 3.05) is 0 Å². The van der Waals surface area contributed by atoms with E-state index in [1.807, 2.05) is 38.1 Å². The number of benzene rings is 5. The maximum atomic E-state index is 12.9. The third kappa shape index (κ3) is 7.79. The summed E-state index contributed by atoms with van der Waals surface area (Å²) in [5.74, 6) is 0.0296. The van der Waals surface area contributed by atoms with E-state index in [0.717, 1.165) is 17.2 Å². The first-order valence-corrected chi connectivity index (χ1v) is 15.3. The van der Waals surface area contributed by atoms with Crippen molar-refractivity contribution in [2.24, 2.45) is 20.5 Å². The first-order valence-electron chi connectivity index (χ1n) is 12.5. The molecule has 0 fully saturated rings. The van der Waals surface area contributed by atoms with E-state index in [0.29, 0.717) is 22.1 Å². The van der Waals surface area contributed by atoms with Gasteiger partial charge in [0.2, 0.25) is 0 Å². The van der Waals surface area contributed by atoms with E-state index in [-0.39, 0.29) is 51.6 Å². The first-order chi connectivity index (χ1) is 20.0. The first kappa shape index (κ1) is 32.1. The molecule has 5 aromatic carbocycles. The van der Waals surface area contributed by atoms with Gasteiger partial charge in [-0.3, -0.25) is 0 Å². The SMILES string of the molecule is Cc1ccc(S(=O)(=O)Oc2ccc(C)cc2N=Nc2ccc(N=Nc3cccc(S(=O)(=O)[O-])c3)c3ccccc23)cc1.[Na+]. The molecule has 5 aromatic rings. The maximum absolute atomic E-state index is 12.9. The molecule has 0 saturated carbocycles. The van der Waals surface area contributed by atoms with Crippen molar-refractivity contribution in [2.45, 2.75) is 23.6 Å². The molecule has 5 rings (SSSR count). The normalized spacial score (nSPS) is 12.1. The van der Waals surface area contributed by atoms with Gasteiger partial charge >= 0.3 is 39.7 Å². The van der Waals surface area contributed by atoms with Gasteiger partial charge in [0.1, 0.15) is 20.7 Å². The second-order valence-electron chi connectivity index (χ2n) is 9.32. The van der Waals surface area contributed by atoms with Crippen molar-refractivity contribution >= 4 is 53.8 Å². The van der Waals surface area contributed by atoms with Crippen LogP contribution >= 0.6 is 0 Å². The second kappa shape index (κ2) is 13.2. The molecule has 0 aromatic heterocycles. The summed E-state index contributed by atoms with van der Waals surface area (Å²) in [4.78, 5) is -0.376. The minimum atomic E-state index is -4.63. The molecular weight excluding hydrogens is 599 g/mol. The summed E-state index contributed by atoms with van der Waals surface area (Å²) >= 11 is 0. The Balaban J connectivity index is 0.00000423. The summed E-state index contributed by atoms with van der Waals surface area (Å²) in [5.41, 5.74) is 3.14. The van der Waals surface area contributed by atoms with Gasteiger partial charge in [-0.15, -0.1) is 15.3 Å². The summed E-state index contributed by atoms with van der Waals surface area (Å²) in [5, 5.41) is 18.5. The topological polar surface area (TPSA) is 150 Å². The smallest absolute Gasteiger partial charge is 0.744 e. The van der Waals surface area contributed by atoms with Gasteiger partial charge in [-0.05, 0) is 74.0 Å². The van der Waals surface area contributed by atoms with Crippen LogP contribution in [0.3, 0.4) is 0 Å². The van der Waals surface area contributed by atoms with Crippen molar-refractivity contribution in [3.8, 4) is 5.75 Å². The van der Waals surface area contributed by atoms with Gasteiger partial charge in [-0.2, -0.15) is 13.5 Å². The van der Waals surface area contributed by atoms with E-state index >= 15 is 0 Å². The third-order valence-electron chi connectivity index (χ3n) is 6.15. The van der Waals surface area contributed by atoms with Crippen molar-refractivity contribution in [3.63, 3.8) is 0 Å². The average Bonchev–Trinajstić information content (AvgIpc) is 2.96. The number of azo groups is 2. The molecule has 0 amide bonds. The van der Waals surface area contributed by atoms with Gasteiger partial charge in [-0.1, -0.05) is 54.1 Å². The zero-order valence-corrected chi connectivity index (χ0v) is 27.0. The van der Waals surface area contributed by atoms with Crippen LogP contribution in [0.15, 0.2) is 133 Å². The predicted molar refractivity (Wildman–Crippen MR) is 157 cm³/mol. The molecule has 0 N–H and O–H groups in total. The molecule has 0 aliphatic carbocycles. The van der Waals surface area contributed by atoms with Gasteiger partial charge < -0.3 is 8.74 Å². The Hall–Kier alpha value is -3.78. The van der Waals surface area contributed by atoms with Gasteiger partial charge in [0, 0.05) is 10.8 Å². The largest absolute Gasteiger partial charge is 1.00 e. The summed E-state index contributed by atoms with van der Waals surface area (Å²) in [6.45, 7) is 3.70. The quantitative estimate of drug-likeness (QED) is 0.103. The van der Waals surface area contributed by atoms with E-state index in [2.05, 4.69) is 20.5 Å². The number of aryl methyl sites for hydroxylation is 2. The molecule has 13 heteroatoms. The van der Waals surface area contributed by atoms with Gasteiger partial charge in [-0.25, -0.2) is 8.42 Å². The molecule has 10 nitrogen and oxygen atoms in total. The number of hydrogen-bond donors (Lipinski definition) is 0. The number of hydrogen-bond acceptors (Lipinski definition) is 10. The van der Waals surface area contributed by atoms with E-state index in [4.69, 9.17) is 4.18 Å². The van der Waals surface area contributed by atoms with Crippen LogP contribution in [-0.2, 0) is 20.2 Å². The summed E-state index contributed by atoms with van der Waals surface area (Å²) in [7, 11) is -8.73. The van der Waals surface area contributed by atoms with Crippen molar-refractivity contribution in [3.05, 3.63) is 114 Å². The monoisotopic (exact) mass is 622 g/mol. The molecule has 212 valence electrons. The van der Waals surface area contributed by atoms with Crippen LogP contribution in [0.4, 0.5) is 22.7 Å². The fourth-order valence-electron chi connectivity index (χ4n) is 4.01. The fourth-order valence-corrected chi connectivity index (χ4v) is 5.46. The predicted octanol–water partition coefficient (Wildman–Crippen LogP) is 4.96. The van der Waals surface area contributed by atoms with E-state index < -0.39 is 25.1 Å². The zero-order chi connectivity index (χ0) is 29.9. The molecule has 0 spiro atoms. The summed E-state index contributed by atoms with van der Waals surface area (Å²) in [6, 6.07) is 27.2. The molecule has 0 aliphatic heterocycles. The molecule has 0 radical (unpaired) electrons. The Kier molecular flexibility index (Phi) is 9.90. The summed E-state index contributed by atoms with van der Waals surface area (Å²) in [6.07, 6.45) is 0. The Morgan fingerprint density at radius 1 is 0.581 bits per heavy atom. The molecule has 0 unspecified atom stereocenters. The van der Waals surface area contributed by atoms with Gasteiger partial charge in [0.15, 0.2) is 5.75 Å². The van der Waals surface area contributed by atoms with Crippen molar-refractivity contribution in [1.29, 1.82) is 0 Å². The van der Waals surface area contributed by atoms with Crippen LogP contribution < -0.4 is 33.7 Å². The molecular formula is C30H23N4NaO6S2. The van der Waals surface area contributed by atoms with Crippen molar-refractivity contribution in [1.82, 2.24) is 0 Å². The van der Waals surface area contributed by atoms with E-state index in [9.17, 15) is 21.4 Å². The number of nitrogens with zero attached hydrogens (tertiary/aromatic N) is 4. The van der Waals surface area contributed by atoms with Crippen LogP contribution in [0, 0.1) is 13.8 Å². The number of fused-ring (bicyclic) bond motifs is 1. The summed E-state index contributed by atoms with van der Waals surface area (Å²) < 4.78 is 65.3. The van der Waals surface area contributed by atoms with E-state index in [1.165, 1.54) is 36.4 Å². The molecule has 0 heterocycles. The van der Waals surface area contributed by atoms with Crippen LogP contribution in [-0.4, -0.2) is 21.4 Å². The zero-order valence-electron chi connectivity index (χ0n) is 23.4. The van der Waals surface area contributed by atoms with Crippen LogP contribution in [0.2, 0.25) is 0 Å². The number of rotatable bonds is 8. The Morgan fingerprint density at radius 2 is 1.16 bits per heavy atom. The fraction of sp³-hybridized carbons (Fsp3) is 0.0667. The minimum Gasteiger partial charge on any atom is -0.744 e. The molecule has 0 bridgehead atoms. The Morgan fingerprint density at radius 3 is 1.79 bits per heavy atom. The molecule has 0 saturated heterocycles. The van der Waals surface area contributed by atoms with Gasteiger partial charge in [0.25, 0.3) is 0 Å². The maximum Gasteiger partial charge on any atom is 1.00 e. The standard InChI is InChI=1S/C30H24N4O6S2.Na/c1-20-10-13-23(14-11-20)42(38,39)40-30-17-12-21(2)18-29(30)34-33-28-16-15-27(25-8-3-4-9-26(25)28)32-31-22-6-5-7-24(19-22)41(35,36)37;/h3-19H,1-2H3,(H,35,36,37);/q;+1/p-1. The molecule has 0 aliphatic rings. The second-order valence-corrected chi connectivity index (χ2v) is 12.2. The Labute approximate surface area is 271 Å². The minimum absolute atomic E-state index is 0. The van der Waals surface area contributed by atoms with Gasteiger partial charge in [0.05, 0.1) is 22.0 Å². The van der Waals surface area contributed by atoms with Crippen LogP contribution in [0.25, 0.3) is 10.8 Å². The van der Waals surface area contributed by atoms with E-state index in [1.54, 1.807) is 36.4 Å². The molecule has 0 atom stereocenters. The van der Waals surface area contributed by atoms with Crippen LogP contribution in [0.1, 0.15) is 11.1 Å². The van der Waals surface area contributed by atoms with Crippen LogP contribution in [0.5, 0.6) is 5.75 Å². The third-order valence-corrected chi connectivity index (χ3v) is 8.23. The molecule has 43 heavy (non-hydrogen) atoms. The van der Waals surface area contributed by atoms with Crippen molar-refractivity contribution < 1.29 is 55.1 Å².